The van der Waals surface area contributed by atoms with Crippen molar-refractivity contribution in [3.05, 3.63) is 58.0 Å². The molecule has 1 unspecified atom stereocenters. The van der Waals surface area contributed by atoms with E-state index in [4.69, 9.17) is 9.15 Å². The van der Waals surface area contributed by atoms with E-state index in [1.165, 1.54) is 50.7 Å². The summed E-state index contributed by atoms with van der Waals surface area (Å²) in [4.78, 5) is 25.7. The zero-order valence-corrected chi connectivity index (χ0v) is 20.0. The first-order valence-electron chi connectivity index (χ1n) is 11.9. The minimum atomic E-state index is -0.495. The smallest absolute Gasteiger partial charge is 0.310 e. The molecule has 0 spiro atoms. The third-order valence-electron chi connectivity index (χ3n) is 5.38. The number of rotatable bonds is 16. The predicted molar refractivity (Wildman–Crippen MR) is 129 cm³/mol. The number of nitrogens with zero attached hydrogens (tertiary/aromatic N) is 2. The van der Waals surface area contributed by atoms with Crippen LogP contribution in [0.5, 0.6) is 5.75 Å². The van der Waals surface area contributed by atoms with Crippen molar-refractivity contribution >= 4 is 11.6 Å². The molecule has 1 N–H and O–H groups in total. The van der Waals surface area contributed by atoms with Gasteiger partial charge in [-0.05, 0) is 51.1 Å². The van der Waals surface area contributed by atoms with Crippen molar-refractivity contribution in [2.75, 3.05) is 19.6 Å². The van der Waals surface area contributed by atoms with Crippen LogP contribution in [0.3, 0.4) is 0 Å². The molecule has 1 aromatic heterocycles. The van der Waals surface area contributed by atoms with Crippen LogP contribution in [-0.2, 0) is 6.61 Å². The summed E-state index contributed by atoms with van der Waals surface area (Å²) in [5, 5.41) is 14.1. The third kappa shape index (κ3) is 9.26. The van der Waals surface area contributed by atoms with E-state index in [1.54, 1.807) is 24.3 Å². The van der Waals surface area contributed by atoms with Crippen molar-refractivity contribution in [3.63, 3.8) is 0 Å². The predicted octanol–water partition coefficient (Wildman–Crippen LogP) is 5.57. The first-order valence-corrected chi connectivity index (χ1v) is 11.9. The molecule has 1 atom stereocenters. The number of furan rings is 1. The zero-order valence-electron chi connectivity index (χ0n) is 20.0. The second-order valence-electron chi connectivity index (χ2n) is 8.37. The minimum absolute atomic E-state index is 0.00365. The molecule has 0 radical (unpaired) electrons. The van der Waals surface area contributed by atoms with Crippen LogP contribution in [0.15, 0.2) is 40.8 Å². The summed E-state index contributed by atoms with van der Waals surface area (Å²) in [7, 11) is 0. The largest absolute Gasteiger partial charge is 0.479 e. The molecule has 0 aliphatic carbocycles. The Morgan fingerprint density at radius 1 is 1.09 bits per heavy atom. The number of nitro groups is 1. The molecule has 2 aromatic rings. The summed E-state index contributed by atoms with van der Waals surface area (Å²) in [5.74, 6) is 0.504. The molecule has 2 rings (SSSR count). The van der Waals surface area contributed by atoms with Gasteiger partial charge in [0.15, 0.2) is 11.5 Å². The van der Waals surface area contributed by atoms with Crippen LogP contribution in [0.1, 0.15) is 75.6 Å². The van der Waals surface area contributed by atoms with Gasteiger partial charge in [0.25, 0.3) is 5.91 Å². The molecule has 33 heavy (non-hydrogen) atoms. The van der Waals surface area contributed by atoms with Gasteiger partial charge >= 0.3 is 5.69 Å². The fraction of sp³-hybridized carbons (Fsp3) is 0.560. The van der Waals surface area contributed by atoms with Crippen molar-refractivity contribution in [2.45, 2.75) is 71.9 Å². The Hall–Kier alpha value is -2.87. The van der Waals surface area contributed by atoms with Gasteiger partial charge in [0.05, 0.1) is 4.92 Å². The van der Waals surface area contributed by atoms with Crippen LogP contribution >= 0.6 is 0 Å². The number of carbonyl (C=O) groups is 1. The fourth-order valence-corrected chi connectivity index (χ4v) is 3.65. The average Bonchev–Trinajstić information content (AvgIpc) is 3.27. The molecule has 182 valence electrons. The van der Waals surface area contributed by atoms with E-state index in [-0.39, 0.29) is 35.8 Å². The van der Waals surface area contributed by atoms with Crippen LogP contribution in [0.25, 0.3) is 0 Å². The molecule has 1 heterocycles. The second kappa shape index (κ2) is 14.3. The Bertz CT molecular complexity index is 857. The van der Waals surface area contributed by atoms with E-state index < -0.39 is 4.92 Å². The lowest BCUT2D eigenvalue weighted by atomic mass is 10.2. The molecule has 0 fully saturated rings. The summed E-state index contributed by atoms with van der Waals surface area (Å²) in [6, 6.07) is 9.39. The molecule has 0 aliphatic rings. The molecule has 1 aromatic carbocycles. The van der Waals surface area contributed by atoms with Crippen LogP contribution in [0.4, 0.5) is 5.69 Å². The van der Waals surface area contributed by atoms with E-state index in [0.29, 0.717) is 5.76 Å². The Balaban J connectivity index is 1.87. The number of unbranched alkanes of at least 4 members (excludes halogenated alkanes) is 4. The van der Waals surface area contributed by atoms with Crippen molar-refractivity contribution in [1.82, 2.24) is 10.2 Å². The van der Waals surface area contributed by atoms with Gasteiger partial charge in [0, 0.05) is 18.7 Å². The number of carbonyl (C=O) groups excluding carboxylic acids is 1. The number of hydrogen-bond acceptors (Lipinski definition) is 6. The van der Waals surface area contributed by atoms with Gasteiger partial charge in [-0.2, -0.15) is 0 Å². The van der Waals surface area contributed by atoms with Crippen molar-refractivity contribution in [1.29, 1.82) is 0 Å². The molecule has 0 bridgehead atoms. The monoisotopic (exact) mass is 459 g/mol. The van der Waals surface area contributed by atoms with E-state index in [1.807, 2.05) is 6.92 Å². The molecule has 8 heteroatoms. The van der Waals surface area contributed by atoms with Gasteiger partial charge in [-0.25, -0.2) is 0 Å². The lowest BCUT2D eigenvalue weighted by Gasteiger charge is -2.26. The van der Waals surface area contributed by atoms with Crippen LogP contribution < -0.4 is 10.1 Å². The average molecular weight is 460 g/mol. The minimum Gasteiger partial charge on any atom is -0.479 e. The van der Waals surface area contributed by atoms with E-state index >= 15 is 0 Å². The highest BCUT2D eigenvalue weighted by atomic mass is 16.6. The number of nitro benzene ring substituents is 1. The fourth-order valence-electron chi connectivity index (χ4n) is 3.65. The van der Waals surface area contributed by atoms with Crippen molar-refractivity contribution in [2.24, 2.45) is 0 Å². The number of amides is 1. The van der Waals surface area contributed by atoms with E-state index in [9.17, 15) is 14.9 Å². The van der Waals surface area contributed by atoms with Gasteiger partial charge in [-0.15, -0.1) is 0 Å². The third-order valence-corrected chi connectivity index (χ3v) is 5.38. The standard InChI is InChI=1S/C25H37N3O5/c1-4-6-10-16-27(17-11-7-5-2)18-20(3)26-25(29)24-15-14-21(33-24)19-32-23-13-9-8-12-22(23)28(30)31/h8-9,12-15,20H,4-7,10-11,16-19H2,1-3H3,(H,26,29). The highest BCUT2D eigenvalue weighted by molar-refractivity contribution is 5.91. The normalized spacial score (nSPS) is 12.0. The molecular weight excluding hydrogens is 422 g/mol. The molecule has 0 aliphatic heterocycles. The maximum absolute atomic E-state index is 12.6. The lowest BCUT2D eigenvalue weighted by molar-refractivity contribution is -0.386. The summed E-state index contributed by atoms with van der Waals surface area (Å²) in [6.07, 6.45) is 7.16. The summed E-state index contributed by atoms with van der Waals surface area (Å²) in [5.41, 5.74) is -0.113. The Labute approximate surface area is 196 Å². The van der Waals surface area contributed by atoms with Gasteiger partial charge in [-0.3, -0.25) is 14.9 Å². The number of para-hydroxylation sites is 2. The molecule has 0 saturated heterocycles. The quantitative estimate of drug-likeness (QED) is 0.200. The van der Waals surface area contributed by atoms with E-state index in [2.05, 4.69) is 24.1 Å². The number of ether oxygens (including phenoxy) is 1. The lowest BCUT2D eigenvalue weighted by Crippen LogP contribution is -2.42. The van der Waals surface area contributed by atoms with Gasteiger partial charge < -0.3 is 19.4 Å². The Morgan fingerprint density at radius 3 is 2.39 bits per heavy atom. The zero-order chi connectivity index (χ0) is 24.1. The highest BCUT2D eigenvalue weighted by Crippen LogP contribution is 2.26. The summed E-state index contributed by atoms with van der Waals surface area (Å²) < 4.78 is 11.1. The topological polar surface area (TPSA) is 97.9 Å². The first kappa shape index (κ1) is 26.4. The number of hydrogen-bond donors (Lipinski definition) is 1. The Kier molecular flexibility index (Phi) is 11.4. The van der Waals surface area contributed by atoms with Crippen LogP contribution in [0.2, 0.25) is 0 Å². The summed E-state index contributed by atoms with van der Waals surface area (Å²) in [6.45, 7) is 9.30. The number of benzene rings is 1. The SMILES string of the molecule is CCCCCN(CCCCC)CC(C)NC(=O)c1ccc(COc2ccccc2[N+](=O)[O-])o1. The summed E-state index contributed by atoms with van der Waals surface area (Å²) >= 11 is 0. The molecule has 0 saturated carbocycles. The van der Waals surface area contributed by atoms with Crippen LogP contribution in [-0.4, -0.2) is 41.4 Å². The highest BCUT2D eigenvalue weighted by Gasteiger charge is 2.18. The van der Waals surface area contributed by atoms with Crippen LogP contribution in [0, 0.1) is 10.1 Å². The van der Waals surface area contributed by atoms with E-state index in [0.717, 1.165) is 19.6 Å². The molecule has 1 amide bonds. The first-order chi connectivity index (χ1) is 15.9. The second-order valence-corrected chi connectivity index (χ2v) is 8.37. The van der Waals surface area contributed by atoms with Gasteiger partial charge in [-0.1, -0.05) is 51.7 Å². The Morgan fingerprint density at radius 2 is 1.76 bits per heavy atom. The van der Waals surface area contributed by atoms with Gasteiger partial charge in [0.1, 0.15) is 12.4 Å². The van der Waals surface area contributed by atoms with Gasteiger partial charge in [0.2, 0.25) is 0 Å². The molecule has 8 nitrogen and oxygen atoms in total. The maximum atomic E-state index is 12.6. The number of nitrogens with one attached hydrogen (secondary N) is 1. The van der Waals surface area contributed by atoms with Crippen molar-refractivity contribution < 1.29 is 18.9 Å². The van der Waals surface area contributed by atoms with Crippen molar-refractivity contribution in [3.8, 4) is 5.75 Å². The maximum Gasteiger partial charge on any atom is 0.310 e. The molecular formula is C25H37N3O5.